The smallest absolute Gasteiger partial charge is 0.261 e. The number of rotatable bonds is 5. The molecule has 25 heavy (non-hydrogen) atoms. The van der Waals surface area contributed by atoms with Gasteiger partial charge in [-0.2, -0.15) is 0 Å². The molecule has 1 N–H and O–H groups in total. The summed E-state index contributed by atoms with van der Waals surface area (Å²) in [6.45, 7) is 1.86. The van der Waals surface area contributed by atoms with Crippen molar-refractivity contribution in [2.45, 2.75) is 19.4 Å². The summed E-state index contributed by atoms with van der Waals surface area (Å²) < 4.78 is 6.55. The number of methoxy groups -OCH3 is 1. The number of benzene rings is 2. The van der Waals surface area contributed by atoms with Crippen LogP contribution in [0.15, 0.2) is 59.7 Å². The van der Waals surface area contributed by atoms with Gasteiger partial charge in [0.2, 0.25) is 5.91 Å². The Bertz CT molecular complexity index is 965. The lowest BCUT2D eigenvalue weighted by atomic mass is 10.1. The second-order valence-corrected chi connectivity index (χ2v) is 5.62. The van der Waals surface area contributed by atoms with Gasteiger partial charge in [-0.05, 0) is 30.7 Å². The maximum atomic E-state index is 12.7. The molecule has 2 aromatic carbocycles. The van der Waals surface area contributed by atoms with Crippen molar-refractivity contribution in [2.24, 2.45) is 0 Å². The highest BCUT2D eigenvalue weighted by molar-refractivity contribution is 5.94. The molecule has 1 heterocycles. The molecule has 0 saturated carbocycles. The first-order valence-corrected chi connectivity index (χ1v) is 8.05. The minimum atomic E-state index is -0.643. The van der Waals surface area contributed by atoms with Crippen LogP contribution in [-0.4, -0.2) is 22.6 Å². The van der Waals surface area contributed by atoms with Crippen LogP contribution in [0.3, 0.4) is 0 Å². The molecule has 1 atom stereocenters. The predicted molar refractivity (Wildman–Crippen MR) is 97.0 cm³/mol. The van der Waals surface area contributed by atoms with Crippen LogP contribution >= 0.6 is 0 Å². The second-order valence-electron chi connectivity index (χ2n) is 5.62. The number of hydrogen-bond donors (Lipinski definition) is 1. The molecule has 3 aromatic rings. The van der Waals surface area contributed by atoms with Crippen molar-refractivity contribution >= 4 is 22.5 Å². The number of nitrogens with zero attached hydrogens (tertiary/aromatic N) is 2. The van der Waals surface area contributed by atoms with Crippen LogP contribution < -0.4 is 15.6 Å². The number of carbonyl (C=O) groups excluding carboxylic acids is 1. The van der Waals surface area contributed by atoms with Gasteiger partial charge in [-0.25, -0.2) is 4.98 Å². The Balaban J connectivity index is 1.92. The molecule has 0 aliphatic heterocycles. The van der Waals surface area contributed by atoms with Gasteiger partial charge in [0, 0.05) is 11.8 Å². The second kappa shape index (κ2) is 7.17. The molecule has 0 bridgehead atoms. The quantitative estimate of drug-likeness (QED) is 0.777. The summed E-state index contributed by atoms with van der Waals surface area (Å²) in [7, 11) is 1.57. The molecule has 128 valence electrons. The van der Waals surface area contributed by atoms with Crippen molar-refractivity contribution < 1.29 is 9.53 Å². The third kappa shape index (κ3) is 3.38. The first-order chi connectivity index (χ1) is 12.1. The zero-order valence-electron chi connectivity index (χ0n) is 14.1. The van der Waals surface area contributed by atoms with Gasteiger partial charge in [0.05, 0.1) is 24.3 Å². The number of para-hydroxylation sites is 1. The number of aromatic nitrogens is 2. The van der Waals surface area contributed by atoms with Crippen molar-refractivity contribution in [3.05, 3.63) is 65.2 Å². The highest BCUT2D eigenvalue weighted by atomic mass is 16.5. The minimum absolute atomic E-state index is 0.224. The molecular formula is C19H19N3O3. The lowest BCUT2D eigenvalue weighted by molar-refractivity contribution is -0.119. The standard InChI is InChI=1S/C19H19N3O3/c1-3-17(18(23)21-13-7-6-8-14(11-13)25-2)22-12-20-16-10-5-4-9-15(16)19(22)24/h4-12,17H,3H2,1-2H3,(H,21,23)/t17-/m0/s1. The number of amides is 1. The fourth-order valence-electron chi connectivity index (χ4n) is 2.74. The minimum Gasteiger partial charge on any atom is -0.497 e. The first kappa shape index (κ1) is 16.7. The zero-order valence-corrected chi connectivity index (χ0v) is 14.1. The van der Waals surface area contributed by atoms with Crippen LogP contribution in [0.25, 0.3) is 10.9 Å². The summed E-state index contributed by atoms with van der Waals surface area (Å²) in [5, 5.41) is 3.33. The molecular weight excluding hydrogens is 318 g/mol. The summed E-state index contributed by atoms with van der Waals surface area (Å²) in [6.07, 6.45) is 1.90. The van der Waals surface area contributed by atoms with Crippen molar-refractivity contribution in [1.29, 1.82) is 0 Å². The van der Waals surface area contributed by atoms with Gasteiger partial charge in [0.15, 0.2) is 0 Å². The van der Waals surface area contributed by atoms with Gasteiger partial charge in [-0.15, -0.1) is 0 Å². The highest BCUT2D eigenvalue weighted by Crippen LogP contribution is 2.19. The van der Waals surface area contributed by atoms with Crippen LogP contribution in [0.2, 0.25) is 0 Å². The summed E-state index contributed by atoms with van der Waals surface area (Å²) in [4.78, 5) is 29.7. The highest BCUT2D eigenvalue weighted by Gasteiger charge is 2.21. The molecule has 0 saturated heterocycles. The van der Waals surface area contributed by atoms with Gasteiger partial charge in [-0.1, -0.05) is 25.1 Å². The number of anilines is 1. The molecule has 0 fully saturated rings. The van der Waals surface area contributed by atoms with E-state index >= 15 is 0 Å². The van der Waals surface area contributed by atoms with E-state index < -0.39 is 6.04 Å². The number of fused-ring (bicyclic) bond motifs is 1. The van der Waals surface area contributed by atoms with Gasteiger partial charge in [0.1, 0.15) is 11.8 Å². The van der Waals surface area contributed by atoms with E-state index in [1.165, 1.54) is 10.9 Å². The van der Waals surface area contributed by atoms with Crippen LogP contribution in [-0.2, 0) is 4.79 Å². The largest absolute Gasteiger partial charge is 0.497 e. The Morgan fingerprint density at radius 2 is 2.04 bits per heavy atom. The van der Waals surface area contributed by atoms with E-state index in [1.54, 1.807) is 49.6 Å². The van der Waals surface area contributed by atoms with E-state index in [4.69, 9.17) is 4.74 Å². The summed E-state index contributed by atoms with van der Waals surface area (Å²) in [5.41, 5.74) is 1.01. The number of hydrogen-bond acceptors (Lipinski definition) is 4. The molecule has 0 aliphatic rings. The fourth-order valence-corrected chi connectivity index (χ4v) is 2.74. The van der Waals surface area contributed by atoms with Crippen molar-refractivity contribution in [3.8, 4) is 5.75 Å². The summed E-state index contributed by atoms with van der Waals surface area (Å²) in [5.74, 6) is 0.380. The average Bonchev–Trinajstić information content (AvgIpc) is 2.64. The monoisotopic (exact) mass is 337 g/mol. The molecule has 0 radical (unpaired) electrons. The van der Waals surface area contributed by atoms with Crippen LogP contribution in [0.5, 0.6) is 5.75 Å². The Kier molecular flexibility index (Phi) is 4.79. The van der Waals surface area contributed by atoms with E-state index in [0.29, 0.717) is 28.8 Å². The van der Waals surface area contributed by atoms with Gasteiger partial charge >= 0.3 is 0 Å². The van der Waals surface area contributed by atoms with E-state index in [9.17, 15) is 9.59 Å². The number of ether oxygens (including phenoxy) is 1. The van der Waals surface area contributed by atoms with Crippen molar-refractivity contribution in [3.63, 3.8) is 0 Å². The van der Waals surface area contributed by atoms with Crippen LogP contribution in [0, 0.1) is 0 Å². The SMILES string of the molecule is CC[C@@H](C(=O)Nc1cccc(OC)c1)n1cnc2ccccc2c1=O. The van der Waals surface area contributed by atoms with Gasteiger partial charge in [0.25, 0.3) is 5.56 Å². The number of carbonyl (C=O) groups is 1. The molecule has 0 spiro atoms. The lowest BCUT2D eigenvalue weighted by Crippen LogP contribution is -2.33. The molecule has 6 nitrogen and oxygen atoms in total. The van der Waals surface area contributed by atoms with Crippen LogP contribution in [0.1, 0.15) is 19.4 Å². The van der Waals surface area contributed by atoms with Crippen molar-refractivity contribution in [1.82, 2.24) is 9.55 Å². The lowest BCUT2D eigenvalue weighted by Gasteiger charge is -2.18. The van der Waals surface area contributed by atoms with E-state index in [1.807, 2.05) is 13.0 Å². The topological polar surface area (TPSA) is 73.2 Å². The summed E-state index contributed by atoms with van der Waals surface area (Å²) in [6, 6.07) is 13.5. The Morgan fingerprint density at radius 3 is 2.80 bits per heavy atom. The summed E-state index contributed by atoms with van der Waals surface area (Å²) >= 11 is 0. The van der Waals surface area contributed by atoms with Gasteiger partial charge < -0.3 is 10.1 Å². The predicted octanol–water partition coefficient (Wildman–Crippen LogP) is 2.99. The molecule has 0 unspecified atom stereocenters. The van der Waals surface area contributed by atoms with E-state index in [-0.39, 0.29) is 11.5 Å². The Morgan fingerprint density at radius 1 is 1.24 bits per heavy atom. The maximum absolute atomic E-state index is 12.7. The Hall–Kier alpha value is -3.15. The molecule has 3 rings (SSSR count). The molecule has 6 heteroatoms. The molecule has 1 amide bonds. The van der Waals surface area contributed by atoms with Crippen molar-refractivity contribution in [2.75, 3.05) is 12.4 Å². The first-order valence-electron chi connectivity index (χ1n) is 8.05. The third-order valence-electron chi connectivity index (χ3n) is 4.05. The number of nitrogens with one attached hydrogen (secondary N) is 1. The molecule has 0 aliphatic carbocycles. The average molecular weight is 337 g/mol. The fraction of sp³-hybridized carbons (Fsp3) is 0.211. The van der Waals surface area contributed by atoms with Crippen LogP contribution in [0.4, 0.5) is 5.69 Å². The zero-order chi connectivity index (χ0) is 17.8. The van der Waals surface area contributed by atoms with Gasteiger partial charge in [-0.3, -0.25) is 14.2 Å². The molecule has 1 aromatic heterocycles. The maximum Gasteiger partial charge on any atom is 0.261 e. The van der Waals surface area contributed by atoms with E-state index in [0.717, 1.165) is 0 Å². The Labute approximate surface area is 145 Å². The normalized spacial score (nSPS) is 11.9. The van der Waals surface area contributed by atoms with E-state index in [2.05, 4.69) is 10.3 Å². The third-order valence-corrected chi connectivity index (χ3v) is 4.05.